The van der Waals surface area contributed by atoms with Crippen LogP contribution in [0.4, 0.5) is 0 Å². The Kier molecular flexibility index (Phi) is 4.07. The molecule has 4 nitrogen and oxygen atoms in total. The van der Waals surface area contributed by atoms with E-state index in [1.165, 1.54) is 0 Å². The molecule has 1 aromatic carbocycles. The van der Waals surface area contributed by atoms with E-state index < -0.39 is 6.10 Å². The van der Waals surface area contributed by atoms with Crippen molar-refractivity contribution in [1.29, 1.82) is 0 Å². The summed E-state index contributed by atoms with van der Waals surface area (Å²) in [7, 11) is 0. The quantitative estimate of drug-likeness (QED) is 0.575. The van der Waals surface area contributed by atoms with Gasteiger partial charge in [0.15, 0.2) is 0 Å². The molecule has 0 saturated carbocycles. The lowest BCUT2D eigenvalue weighted by atomic mass is 10.1. The van der Waals surface area contributed by atoms with E-state index in [9.17, 15) is 15.2 Å². The number of aliphatic hydroxyl groups excluding tert-OH is 1. The highest BCUT2D eigenvalue weighted by molar-refractivity contribution is 5.16. The lowest BCUT2D eigenvalue weighted by molar-refractivity contribution is -0.480. The summed E-state index contributed by atoms with van der Waals surface area (Å²) in [6, 6.07) is 9.18. The first-order valence-electron chi connectivity index (χ1n) is 4.55. The predicted octanol–water partition coefficient (Wildman–Crippen LogP) is 1.78. The van der Waals surface area contributed by atoms with E-state index in [2.05, 4.69) is 0 Å². The van der Waals surface area contributed by atoms with Crippen LogP contribution in [0, 0.1) is 10.1 Å². The maximum Gasteiger partial charge on any atom is 0.204 e. The summed E-state index contributed by atoms with van der Waals surface area (Å²) in [6.07, 6.45) is 0.254. The van der Waals surface area contributed by atoms with E-state index in [1.807, 2.05) is 30.3 Å². The minimum Gasteiger partial charge on any atom is -0.388 e. The third kappa shape index (κ3) is 3.53. The Balaban J connectivity index is 2.36. The van der Waals surface area contributed by atoms with Gasteiger partial charge < -0.3 is 5.11 Å². The lowest BCUT2D eigenvalue weighted by Crippen LogP contribution is -2.04. The van der Waals surface area contributed by atoms with Crippen LogP contribution in [0.1, 0.15) is 24.5 Å². The van der Waals surface area contributed by atoms with Gasteiger partial charge in [-0.3, -0.25) is 10.1 Å². The Bertz CT molecular complexity index is 287. The van der Waals surface area contributed by atoms with Crippen molar-refractivity contribution in [3.05, 3.63) is 46.0 Å². The average Bonchev–Trinajstić information content (AvgIpc) is 2.18. The summed E-state index contributed by atoms with van der Waals surface area (Å²) in [6.45, 7) is -0.0795. The number of hydrogen-bond acceptors (Lipinski definition) is 3. The smallest absolute Gasteiger partial charge is 0.204 e. The Hall–Kier alpha value is -1.42. The highest BCUT2D eigenvalue weighted by Gasteiger charge is 2.07. The van der Waals surface area contributed by atoms with Gasteiger partial charge in [-0.2, -0.15) is 0 Å². The number of nitrogens with zero attached hydrogens (tertiary/aromatic N) is 1. The molecule has 0 aliphatic rings. The highest BCUT2D eigenvalue weighted by Crippen LogP contribution is 2.17. The van der Waals surface area contributed by atoms with Crippen LogP contribution in [0.2, 0.25) is 0 Å². The number of hydrogen-bond donors (Lipinski definition) is 1. The molecule has 76 valence electrons. The Labute approximate surface area is 82.3 Å². The van der Waals surface area contributed by atoms with Crippen LogP contribution < -0.4 is 0 Å². The molecule has 1 N–H and O–H groups in total. The third-order valence-electron chi connectivity index (χ3n) is 2.00. The maximum absolute atomic E-state index is 10.0. The molecule has 0 saturated heterocycles. The van der Waals surface area contributed by atoms with Gasteiger partial charge in [-0.1, -0.05) is 30.3 Å². The van der Waals surface area contributed by atoms with Crippen molar-refractivity contribution < 1.29 is 10.0 Å². The van der Waals surface area contributed by atoms with E-state index in [-0.39, 0.29) is 11.5 Å². The summed E-state index contributed by atoms with van der Waals surface area (Å²) >= 11 is 0. The van der Waals surface area contributed by atoms with E-state index in [1.54, 1.807) is 0 Å². The monoisotopic (exact) mass is 195 g/mol. The molecule has 4 heteroatoms. The van der Waals surface area contributed by atoms with Gasteiger partial charge in [0.05, 0.1) is 6.10 Å². The fraction of sp³-hybridized carbons (Fsp3) is 0.400. The van der Waals surface area contributed by atoms with Crippen LogP contribution in [0.5, 0.6) is 0 Å². The van der Waals surface area contributed by atoms with Crippen LogP contribution in [0.3, 0.4) is 0 Å². The predicted molar refractivity (Wildman–Crippen MR) is 52.5 cm³/mol. The molecular weight excluding hydrogens is 182 g/mol. The number of aliphatic hydroxyl groups is 1. The third-order valence-corrected chi connectivity index (χ3v) is 2.00. The highest BCUT2D eigenvalue weighted by atomic mass is 16.6. The molecule has 14 heavy (non-hydrogen) atoms. The average molecular weight is 195 g/mol. The van der Waals surface area contributed by atoms with Crippen molar-refractivity contribution in [2.24, 2.45) is 0 Å². The van der Waals surface area contributed by atoms with Crippen molar-refractivity contribution >= 4 is 0 Å². The SMILES string of the molecule is O=[N+]([O-])CCCC(O)c1ccccc1. The van der Waals surface area contributed by atoms with Crippen molar-refractivity contribution in [3.8, 4) is 0 Å². The minimum atomic E-state index is -0.587. The van der Waals surface area contributed by atoms with E-state index >= 15 is 0 Å². The first-order chi connectivity index (χ1) is 6.70. The molecule has 0 spiro atoms. The second-order valence-corrected chi connectivity index (χ2v) is 3.13. The molecule has 0 bridgehead atoms. The summed E-state index contributed by atoms with van der Waals surface area (Å²) in [4.78, 5) is 9.68. The molecule has 1 aromatic rings. The van der Waals surface area contributed by atoms with Crippen LogP contribution in [-0.2, 0) is 0 Å². The number of nitro groups is 1. The van der Waals surface area contributed by atoms with Gasteiger partial charge >= 0.3 is 0 Å². The van der Waals surface area contributed by atoms with Crippen LogP contribution in [0.15, 0.2) is 30.3 Å². The van der Waals surface area contributed by atoms with Gasteiger partial charge in [-0.15, -0.1) is 0 Å². The molecule has 1 unspecified atom stereocenters. The zero-order chi connectivity index (χ0) is 10.4. The second kappa shape index (κ2) is 5.34. The van der Waals surface area contributed by atoms with E-state index in [0.29, 0.717) is 12.8 Å². The molecule has 0 aliphatic carbocycles. The van der Waals surface area contributed by atoms with Gasteiger partial charge in [0, 0.05) is 11.3 Å². The van der Waals surface area contributed by atoms with Crippen molar-refractivity contribution in [1.82, 2.24) is 0 Å². The van der Waals surface area contributed by atoms with E-state index in [4.69, 9.17) is 0 Å². The Morgan fingerprint density at radius 2 is 2.00 bits per heavy atom. The van der Waals surface area contributed by atoms with Gasteiger partial charge in [0.1, 0.15) is 0 Å². The van der Waals surface area contributed by atoms with Gasteiger partial charge in [-0.25, -0.2) is 0 Å². The van der Waals surface area contributed by atoms with Gasteiger partial charge in [0.2, 0.25) is 6.54 Å². The largest absolute Gasteiger partial charge is 0.388 e. The van der Waals surface area contributed by atoms with Crippen LogP contribution >= 0.6 is 0 Å². The lowest BCUT2D eigenvalue weighted by Gasteiger charge is -2.08. The first-order valence-corrected chi connectivity index (χ1v) is 4.55. The summed E-state index contributed by atoms with van der Waals surface area (Å²) in [5.41, 5.74) is 0.816. The Morgan fingerprint density at radius 3 is 2.57 bits per heavy atom. The molecule has 0 heterocycles. The minimum absolute atomic E-state index is 0.0795. The van der Waals surface area contributed by atoms with E-state index in [0.717, 1.165) is 5.56 Å². The standard InChI is InChI=1S/C10H13NO3/c12-10(7-4-8-11(13)14)9-5-2-1-3-6-9/h1-3,5-6,10,12H,4,7-8H2. The summed E-state index contributed by atoms with van der Waals surface area (Å²) < 4.78 is 0. The normalized spacial score (nSPS) is 12.4. The fourth-order valence-corrected chi connectivity index (χ4v) is 1.26. The second-order valence-electron chi connectivity index (χ2n) is 3.13. The first kappa shape index (κ1) is 10.7. The van der Waals surface area contributed by atoms with Crippen molar-refractivity contribution in [2.75, 3.05) is 6.54 Å². The molecule has 0 aliphatic heterocycles. The Morgan fingerprint density at radius 1 is 1.36 bits per heavy atom. The van der Waals surface area contributed by atoms with Gasteiger partial charge in [0.25, 0.3) is 0 Å². The topological polar surface area (TPSA) is 63.4 Å². The summed E-state index contributed by atoms with van der Waals surface area (Å²) in [5, 5.41) is 19.7. The molecular formula is C10H13NO3. The molecule has 0 amide bonds. The van der Waals surface area contributed by atoms with Crippen LogP contribution in [-0.4, -0.2) is 16.6 Å². The molecule has 1 atom stereocenters. The fourth-order valence-electron chi connectivity index (χ4n) is 1.26. The molecule has 0 fully saturated rings. The number of rotatable bonds is 5. The maximum atomic E-state index is 10.0. The van der Waals surface area contributed by atoms with Gasteiger partial charge in [-0.05, 0) is 12.0 Å². The zero-order valence-electron chi connectivity index (χ0n) is 7.80. The summed E-state index contributed by atoms with van der Waals surface area (Å²) in [5.74, 6) is 0. The number of benzene rings is 1. The molecule has 0 aromatic heterocycles. The zero-order valence-corrected chi connectivity index (χ0v) is 7.80. The van der Waals surface area contributed by atoms with Crippen molar-refractivity contribution in [3.63, 3.8) is 0 Å². The molecule has 0 radical (unpaired) electrons. The molecule has 1 rings (SSSR count). The van der Waals surface area contributed by atoms with Crippen molar-refractivity contribution in [2.45, 2.75) is 18.9 Å². The van der Waals surface area contributed by atoms with Crippen LogP contribution in [0.25, 0.3) is 0 Å².